The van der Waals surface area contributed by atoms with Crippen LogP contribution in [0.1, 0.15) is 39.4 Å². The summed E-state index contributed by atoms with van der Waals surface area (Å²) in [5, 5.41) is 0. The van der Waals surface area contributed by atoms with Crippen molar-refractivity contribution in [3.8, 4) is 0 Å². The van der Waals surface area contributed by atoms with E-state index in [1.807, 2.05) is 42.5 Å². The standard InChI is InChI=1S/C25H28O4/c1-27-17-22-14-13-19(16-29-18-28-2)15-23(22)24(20-9-5-3-6-10-20)25(26)21-11-7-4-8-12-21/h4-15,20,24H,3,16-18H2,1-2H3. The summed E-state index contributed by atoms with van der Waals surface area (Å²) in [6.07, 6.45) is 9.42. The van der Waals surface area contributed by atoms with Gasteiger partial charge in [0.15, 0.2) is 5.78 Å². The van der Waals surface area contributed by atoms with Crippen molar-refractivity contribution in [3.63, 3.8) is 0 Å². The Morgan fingerprint density at radius 3 is 2.45 bits per heavy atom. The Balaban J connectivity index is 2.04. The summed E-state index contributed by atoms with van der Waals surface area (Å²) < 4.78 is 15.9. The fourth-order valence-corrected chi connectivity index (χ4v) is 3.70. The Kier molecular flexibility index (Phi) is 7.94. The molecule has 3 rings (SSSR count). The van der Waals surface area contributed by atoms with Crippen LogP contribution in [0.4, 0.5) is 0 Å². The normalized spacial score (nSPS) is 14.8. The molecule has 0 fully saturated rings. The van der Waals surface area contributed by atoms with Gasteiger partial charge >= 0.3 is 0 Å². The number of carbonyl (C=O) groups is 1. The predicted octanol–water partition coefficient (Wildman–Crippen LogP) is 5.05. The van der Waals surface area contributed by atoms with Gasteiger partial charge in [0, 0.05) is 25.7 Å². The second-order valence-corrected chi connectivity index (χ2v) is 7.10. The summed E-state index contributed by atoms with van der Waals surface area (Å²) in [5.41, 5.74) is 3.73. The molecule has 4 nitrogen and oxygen atoms in total. The van der Waals surface area contributed by atoms with Crippen LogP contribution in [0.3, 0.4) is 0 Å². The van der Waals surface area contributed by atoms with E-state index in [-0.39, 0.29) is 24.4 Å². The molecular weight excluding hydrogens is 364 g/mol. The molecule has 152 valence electrons. The Morgan fingerprint density at radius 2 is 1.76 bits per heavy atom. The highest BCUT2D eigenvalue weighted by Gasteiger charge is 2.30. The molecule has 1 unspecified atom stereocenters. The summed E-state index contributed by atoms with van der Waals surface area (Å²) >= 11 is 0. The minimum absolute atomic E-state index is 0.00204. The van der Waals surface area contributed by atoms with Crippen LogP contribution >= 0.6 is 0 Å². The number of methoxy groups -OCH3 is 2. The second-order valence-electron chi connectivity index (χ2n) is 7.10. The molecule has 1 atom stereocenters. The number of benzene rings is 2. The average molecular weight is 392 g/mol. The molecule has 29 heavy (non-hydrogen) atoms. The van der Waals surface area contributed by atoms with Crippen molar-refractivity contribution in [2.45, 2.75) is 25.6 Å². The molecular formula is C25H28O4. The number of allylic oxidation sites excluding steroid dienone is 4. The lowest BCUT2D eigenvalue weighted by molar-refractivity contribution is -0.0391. The van der Waals surface area contributed by atoms with Crippen molar-refractivity contribution >= 4 is 5.78 Å². The number of ether oxygens (including phenoxy) is 3. The van der Waals surface area contributed by atoms with E-state index in [9.17, 15) is 4.79 Å². The highest BCUT2D eigenvalue weighted by Crippen LogP contribution is 2.35. The molecule has 0 radical (unpaired) electrons. The molecule has 0 spiro atoms. The molecule has 0 amide bonds. The van der Waals surface area contributed by atoms with Crippen molar-refractivity contribution in [1.29, 1.82) is 0 Å². The minimum Gasteiger partial charge on any atom is -0.380 e. The SMILES string of the molecule is COCOCc1ccc(COC)c(C(C(=O)c2ccccc2)C2C=CCC=C2)c1. The van der Waals surface area contributed by atoms with Crippen LogP contribution in [0, 0.1) is 5.92 Å². The molecule has 2 aromatic rings. The first-order valence-electron chi connectivity index (χ1n) is 9.84. The highest BCUT2D eigenvalue weighted by molar-refractivity contribution is 6.01. The number of hydrogen-bond donors (Lipinski definition) is 0. The molecule has 2 aromatic carbocycles. The Hall–Kier alpha value is -2.53. The van der Waals surface area contributed by atoms with Gasteiger partial charge in [0.25, 0.3) is 0 Å². The molecule has 0 heterocycles. The van der Waals surface area contributed by atoms with Gasteiger partial charge < -0.3 is 14.2 Å². The smallest absolute Gasteiger partial charge is 0.171 e. The third-order valence-electron chi connectivity index (χ3n) is 5.03. The van der Waals surface area contributed by atoms with E-state index in [1.54, 1.807) is 14.2 Å². The van der Waals surface area contributed by atoms with E-state index >= 15 is 0 Å². The monoisotopic (exact) mass is 392 g/mol. The second kappa shape index (κ2) is 10.9. The maximum atomic E-state index is 13.6. The maximum Gasteiger partial charge on any atom is 0.171 e. The summed E-state index contributed by atoms with van der Waals surface area (Å²) in [6, 6.07) is 15.6. The summed E-state index contributed by atoms with van der Waals surface area (Å²) in [4.78, 5) is 13.6. The van der Waals surface area contributed by atoms with Crippen molar-refractivity contribution in [2.75, 3.05) is 21.0 Å². The van der Waals surface area contributed by atoms with Crippen molar-refractivity contribution in [3.05, 3.63) is 95.1 Å². The van der Waals surface area contributed by atoms with Crippen molar-refractivity contribution < 1.29 is 19.0 Å². The zero-order valence-corrected chi connectivity index (χ0v) is 17.0. The Morgan fingerprint density at radius 1 is 1.00 bits per heavy atom. The first kappa shape index (κ1) is 21.2. The molecule has 0 aliphatic heterocycles. The topological polar surface area (TPSA) is 44.8 Å². The van der Waals surface area contributed by atoms with Crippen LogP contribution in [0.5, 0.6) is 0 Å². The number of rotatable bonds is 10. The van der Waals surface area contributed by atoms with Crippen molar-refractivity contribution in [1.82, 2.24) is 0 Å². The van der Waals surface area contributed by atoms with Gasteiger partial charge in [-0.2, -0.15) is 0 Å². The molecule has 0 saturated heterocycles. The van der Waals surface area contributed by atoms with E-state index < -0.39 is 0 Å². The van der Waals surface area contributed by atoms with Gasteiger partial charge in [-0.25, -0.2) is 0 Å². The largest absolute Gasteiger partial charge is 0.380 e. The Labute approximate surface area is 172 Å². The quantitative estimate of drug-likeness (QED) is 0.246. The van der Waals surface area contributed by atoms with Gasteiger partial charge in [-0.3, -0.25) is 4.79 Å². The molecule has 0 N–H and O–H groups in total. The summed E-state index contributed by atoms with van der Waals surface area (Å²) in [6.45, 7) is 1.11. The zero-order chi connectivity index (χ0) is 20.5. The van der Waals surface area contributed by atoms with Gasteiger partial charge in [0.2, 0.25) is 0 Å². The van der Waals surface area contributed by atoms with Crippen LogP contribution in [0.25, 0.3) is 0 Å². The van der Waals surface area contributed by atoms with Crippen LogP contribution in [-0.4, -0.2) is 26.8 Å². The third-order valence-corrected chi connectivity index (χ3v) is 5.03. The first-order valence-corrected chi connectivity index (χ1v) is 9.84. The van der Waals surface area contributed by atoms with E-state index in [0.717, 1.165) is 23.1 Å². The molecule has 0 bridgehead atoms. The zero-order valence-electron chi connectivity index (χ0n) is 17.0. The average Bonchev–Trinajstić information content (AvgIpc) is 2.77. The van der Waals surface area contributed by atoms with Gasteiger partial charge in [-0.05, 0) is 23.1 Å². The minimum atomic E-state index is -0.322. The lowest BCUT2D eigenvalue weighted by Crippen LogP contribution is -2.22. The number of carbonyl (C=O) groups excluding carboxylic acids is 1. The fourth-order valence-electron chi connectivity index (χ4n) is 3.70. The lowest BCUT2D eigenvalue weighted by atomic mass is 9.77. The van der Waals surface area contributed by atoms with Crippen LogP contribution in [-0.2, 0) is 27.4 Å². The number of ketones is 1. The summed E-state index contributed by atoms with van der Waals surface area (Å²) in [7, 11) is 3.28. The molecule has 0 saturated carbocycles. The van der Waals surface area contributed by atoms with E-state index in [4.69, 9.17) is 14.2 Å². The number of Topliss-reactive ketones (excluding diaryl/α,β-unsaturated/α-hetero) is 1. The molecule has 4 heteroatoms. The van der Waals surface area contributed by atoms with Gasteiger partial charge in [0.1, 0.15) is 6.79 Å². The van der Waals surface area contributed by atoms with Crippen LogP contribution in [0.2, 0.25) is 0 Å². The van der Waals surface area contributed by atoms with Crippen molar-refractivity contribution in [2.24, 2.45) is 5.92 Å². The lowest BCUT2D eigenvalue weighted by Gasteiger charge is -2.26. The third kappa shape index (κ3) is 5.51. The number of hydrogen-bond acceptors (Lipinski definition) is 4. The van der Waals surface area contributed by atoms with E-state index in [0.29, 0.717) is 18.8 Å². The van der Waals surface area contributed by atoms with E-state index in [2.05, 4.69) is 30.4 Å². The summed E-state index contributed by atoms with van der Waals surface area (Å²) in [5.74, 6) is -0.209. The van der Waals surface area contributed by atoms with Crippen LogP contribution < -0.4 is 0 Å². The molecule has 1 aliphatic rings. The molecule has 0 aromatic heterocycles. The van der Waals surface area contributed by atoms with Gasteiger partial charge in [0.05, 0.1) is 19.1 Å². The first-order chi connectivity index (χ1) is 14.2. The van der Waals surface area contributed by atoms with Gasteiger partial charge in [-0.1, -0.05) is 72.8 Å². The Bertz CT molecular complexity index is 842. The maximum absolute atomic E-state index is 13.6. The highest BCUT2D eigenvalue weighted by atomic mass is 16.7. The predicted molar refractivity (Wildman–Crippen MR) is 114 cm³/mol. The fraction of sp³-hybridized carbons (Fsp3) is 0.320. The molecule has 1 aliphatic carbocycles. The van der Waals surface area contributed by atoms with Gasteiger partial charge in [-0.15, -0.1) is 0 Å². The van der Waals surface area contributed by atoms with Crippen LogP contribution in [0.15, 0.2) is 72.8 Å². The van der Waals surface area contributed by atoms with E-state index in [1.165, 1.54) is 0 Å².